The number of benzene rings is 1. The highest BCUT2D eigenvalue weighted by Gasteiger charge is 2.12. The minimum absolute atomic E-state index is 0.216. The zero-order valence-electron chi connectivity index (χ0n) is 5.75. The van der Waals surface area contributed by atoms with E-state index in [1.54, 1.807) is 0 Å². The predicted octanol–water partition coefficient (Wildman–Crippen LogP) is 2.30. The van der Waals surface area contributed by atoms with Gasteiger partial charge < -0.3 is 5.11 Å². The molecule has 0 aliphatic carbocycles. The fourth-order valence-electron chi connectivity index (χ4n) is 0.737. The Morgan fingerprint density at radius 3 is 2.75 bits per heavy atom. The standard InChI is InChI=1S/C7H4ClFO3/c8-4-1-2-6(12-9)5(3-4)7(10)11/h1-3H,(H,10,11). The van der Waals surface area contributed by atoms with Gasteiger partial charge in [0, 0.05) is 9.55 Å². The molecule has 0 aliphatic rings. The molecule has 0 aromatic heterocycles. The molecule has 0 saturated heterocycles. The van der Waals surface area contributed by atoms with E-state index in [1.165, 1.54) is 6.07 Å². The predicted molar refractivity (Wildman–Crippen MR) is 40.1 cm³/mol. The molecular formula is C7H4ClFO3. The van der Waals surface area contributed by atoms with Crippen LogP contribution in [0.5, 0.6) is 5.75 Å². The molecular weight excluding hydrogens is 187 g/mol. The molecule has 0 amide bonds. The Balaban J connectivity index is 3.21. The number of carboxylic acids is 1. The van der Waals surface area contributed by atoms with Crippen LogP contribution in [0.2, 0.25) is 5.02 Å². The largest absolute Gasteiger partial charge is 0.478 e. The minimum atomic E-state index is -1.29. The lowest BCUT2D eigenvalue weighted by atomic mass is 10.2. The molecule has 1 rings (SSSR count). The van der Waals surface area contributed by atoms with Gasteiger partial charge in [-0.25, -0.2) is 4.79 Å². The maximum Gasteiger partial charge on any atom is 0.339 e. The summed E-state index contributed by atoms with van der Waals surface area (Å²) in [5.41, 5.74) is -0.301. The number of carboxylic acid groups (broad SMARTS) is 1. The molecule has 0 radical (unpaired) electrons. The van der Waals surface area contributed by atoms with E-state index >= 15 is 0 Å². The fourth-order valence-corrected chi connectivity index (χ4v) is 0.909. The number of hydrogen-bond donors (Lipinski definition) is 1. The zero-order valence-corrected chi connectivity index (χ0v) is 6.51. The normalized spacial score (nSPS) is 9.50. The third-order valence-electron chi connectivity index (χ3n) is 1.26. The molecule has 0 aliphatic heterocycles. The van der Waals surface area contributed by atoms with Crippen LogP contribution in [-0.4, -0.2) is 11.1 Å². The summed E-state index contributed by atoms with van der Waals surface area (Å²) in [6.07, 6.45) is 0. The molecule has 12 heavy (non-hydrogen) atoms. The molecule has 64 valence electrons. The van der Waals surface area contributed by atoms with E-state index in [4.69, 9.17) is 16.7 Å². The number of hydrogen-bond acceptors (Lipinski definition) is 2. The van der Waals surface area contributed by atoms with Gasteiger partial charge in [-0.05, 0) is 18.2 Å². The van der Waals surface area contributed by atoms with Crippen LogP contribution < -0.4 is 4.94 Å². The van der Waals surface area contributed by atoms with E-state index in [0.29, 0.717) is 0 Å². The maximum absolute atomic E-state index is 11.7. The van der Waals surface area contributed by atoms with Crippen molar-refractivity contribution in [3.05, 3.63) is 28.8 Å². The van der Waals surface area contributed by atoms with Crippen LogP contribution in [0.1, 0.15) is 10.4 Å². The Hall–Kier alpha value is -1.29. The number of rotatable bonds is 2. The van der Waals surface area contributed by atoms with Crippen LogP contribution in [0.15, 0.2) is 18.2 Å². The Kier molecular flexibility index (Phi) is 2.50. The minimum Gasteiger partial charge on any atom is -0.478 e. The van der Waals surface area contributed by atoms with Crippen molar-refractivity contribution in [3.8, 4) is 5.75 Å². The summed E-state index contributed by atoms with van der Waals surface area (Å²) >= 11 is 5.48. The fraction of sp³-hybridized carbons (Fsp3) is 0. The van der Waals surface area contributed by atoms with Crippen LogP contribution in [0.25, 0.3) is 0 Å². The third-order valence-corrected chi connectivity index (χ3v) is 1.49. The SMILES string of the molecule is O=C(O)c1cc(Cl)ccc1OF. The lowest BCUT2D eigenvalue weighted by Gasteiger charge is -1.99. The third kappa shape index (κ3) is 1.65. The monoisotopic (exact) mass is 190 g/mol. The van der Waals surface area contributed by atoms with Crippen molar-refractivity contribution in [1.29, 1.82) is 0 Å². The first-order valence-electron chi connectivity index (χ1n) is 2.96. The number of carbonyl (C=O) groups is 1. The second-order valence-electron chi connectivity index (χ2n) is 2.02. The molecule has 1 aromatic rings. The Labute approximate surface area is 72.2 Å². The van der Waals surface area contributed by atoms with E-state index in [-0.39, 0.29) is 16.3 Å². The summed E-state index contributed by atoms with van der Waals surface area (Å²) in [4.78, 5) is 13.7. The van der Waals surface area contributed by atoms with E-state index in [0.717, 1.165) is 12.1 Å². The number of aromatic carboxylic acids is 1. The molecule has 1 N–H and O–H groups in total. The Morgan fingerprint density at radius 2 is 2.25 bits per heavy atom. The summed E-state index contributed by atoms with van der Waals surface area (Å²) in [5.74, 6) is -1.64. The van der Waals surface area contributed by atoms with Gasteiger partial charge in [0.15, 0.2) is 5.75 Å². The van der Waals surface area contributed by atoms with Gasteiger partial charge in [0.2, 0.25) is 0 Å². The van der Waals surface area contributed by atoms with Gasteiger partial charge in [0.25, 0.3) is 0 Å². The van der Waals surface area contributed by atoms with Crippen LogP contribution in [0.3, 0.4) is 0 Å². The Bertz CT molecular complexity index is 314. The second kappa shape index (κ2) is 3.40. The van der Waals surface area contributed by atoms with Crippen molar-refractivity contribution in [2.75, 3.05) is 0 Å². The van der Waals surface area contributed by atoms with Gasteiger partial charge in [0.1, 0.15) is 5.56 Å². The first-order chi connectivity index (χ1) is 5.65. The first kappa shape index (κ1) is 8.80. The summed E-state index contributed by atoms with van der Waals surface area (Å²) in [6.45, 7) is 0. The topological polar surface area (TPSA) is 46.5 Å². The van der Waals surface area contributed by atoms with Crippen molar-refractivity contribution in [2.45, 2.75) is 0 Å². The molecule has 0 unspecified atom stereocenters. The van der Waals surface area contributed by atoms with Crippen LogP contribution in [0.4, 0.5) is 4.53 Å². The first-order valence-corrected chi connectivity index (χ1v) is 3.34. The van der Waals surface area contributed by atoms with E-state index < -0.39 is 5.97 Å². The highest BCUT2D eigenvalue weighted by molar-refractivity contribution is 6.31. The lowest BCUT2D eigenvalue weighted by molar-refractivity contribution is -0.00780. The Morgan fingerprint density at radius 1 is 1.58 bits per heavy atom. The van der Waals surface area contributed by atoms with Crippen molar-refractivity contribution >= 4 is 17.6 Å². The average Bonchev–Trinajstić information content (AvgIpc) is 2.04. The van der Waals surface area contributed by atoms with Crippen molar-refractivity contribution in [1.82, 2.24) is 0 Å². The molecule has 3 nitrogen and oxygen atoms in total. The van der Waals surface area contributed by atoms with Gasteiger partial charge in [-0.2, -0.15) is 0 Å². The highest BCUT2D eigenvalue weighted by atomic mass is 35.5. The average molecular weight is 191 g/mol. The van der Waals surface area contributed by atoms with E-state index in [1.807, 2.05) is 0 Å². The van der Waals surface area contributed by atoms with Gasteiger partial charge >= 0.3 is 5.97 Å². The molecule has 1 aromatic carbocycles. The maximum atomic E-state index is 11.7. The zero-order chi connectivity index (χ0) is 9.14. The van der Waals surface area contributed by atoms with Crippen molar-refractivity contribution in [2.24, 2.45) is 0 Å². The highest BCUT2D eigenvalue weighted by Crippen LogP contribution is 2.22. The molecule has 0 fully saturated rings. The lowest BCUT2D eigenvalue weighted by Crippen LogP contribution is -1.98. The molecule has 0 spiro atoms. The molecule has 0 bridgehead atoms. The van der Waals surface area contributed by atoms with Gasteiger partial charge in [-0.15, -0.1) is 0 Å². The van der Waals surface area contributed by atoms with Crippen molar-refractivity contribution in [3.63, 3.8) is 0 Å². The molecule has 0 heterocycles. The molecule has 5 heteroatoms. The van der Waals surface area contributed by atoms with Gasteiger partial charge in [-0.1, -0.05) is 11.6 Å². The molecule has 0 atom stereocenters. The van der Waals surface area contributed by atoms with Crippen LogP contribution in [0, 0.1) is 0 Å². The quantitative estimate of drug-likeness (QED) is 0.779. The van der Waals surface area contributed by atoms with Crippen LogP contribution >= 0.6 is 11.6 Å². The number of halogens is 2. The van der Waals surface area contributed by atoms with Gasteiger partial charge in [-0.3, -0.25) is 4.94 Å². The van der Waals surface area contributed by atoms with E-state index in [2.05, 4.69) is 4.94 Å². The van der Waals surface area contributed by atoms with E-state index in [9.17, 15) is 9.32 Å². The van der Waals surface area contributed by atoms with Crippen molar-refractivity contribution < 1.29 is 19.4 Å². The second-order valence-corrected chi connectivity index (χ2v) is 2.46. The summed E-state index contributed by atoms with van der Waals surface area (Å²) < 4.78 is 11.7. The van der Waals surface area contributed by atoms with Crippen LogP contribution in [-0.2, 0) is 0 Å². The summed E-state index contributed by atoms with van der Waals surface area (Å²) in [5, 5.41) is 8.73. The summed E-state index contributed by atoms with van der Waals surface area (Å²) in [7, 11) is 0. The smallest absolute Gasteiger partial charge is 0.339 e. The van der Waals surface area contributed by atoms with Gasteiger partial charge in [0.05, 0.1) is 0 Å². The molecule has 0 saturated carbocycles. The summed E-state index contributed by atoms with van der Waals surface area (Å²) in [6, 6.07) is 3.59.